The highest BCUT2D eigenvalue weighted by Crippen LogP contribution is 2.36. The molecule has 0 aromatic carbocycles. The van der Waals surface area contributed by atoms with Crippen LogP contribution in [0.4, 0.5) is 0 Å². The van der Waals surface area contributed by atoms with Gasteiger partial charge in [-0.3, -0.25) is 14.6 Å². The van der Waals surface area contributed by atoms with Gasteiger partial charge in [0, 0.05) is 50.3 Å². The third kappa shape index (κ3) is 5.39. The van der Waals surface area contributed by atoms with E-state index >= 15 is 0 Å². The van der Waals surface area contributed by atoms with E-state index < -0.39 is 12.0 Å². The topological polar surface area (TPSA) is 71.1 Å². The van der Waals surface area contributed by atoms with E-state index in [0.29, 0.717) is 18.1 Å². The van der Waals surface area contributed by atoms with E-state index in [9.17, 15) is 9.90 Å². The quantitative estimate of drug-likeness (QED) is 0.521. The summed E-state index contributed by atoms with van der Waals surface area (Å²) in [5.74, 6) is 0.0756. The number of hydrogen-bond donors (Lipinski definition) is 3. The maximum Gasteiger partial charge on any atom is 0.322 e. The first kappa shape index (κ1) is 24.3. The van der Waals surface area contributed by atoms with Crippen LogP contribution in [0.3, 0.4) is 0 Å². The number of carboxylic acid groups (broad SMARTS) is 1. The second kappa shape index (κ2) is 11.1. The normalized spacial score (nSPS) is 39.1. The molecule has 33 heavy (non-hydrogen) atoms. The zero-order valence-electron chi connectivity index (χ0n) is 20.1. The number of nitrogens with zero attached hydrogens (tertiary/aromatic N) is 3. The number of carboxylic acids is 1. The molecule has 5 rings (SSSR count). The molecule has 8 heteroatoms. The molecule has 7 nitrogen and oxygen atoms in total. The number of carbonyl (C=O) groups is 1. The summed E-state index contributed by atoms with van der Waals surface area (Å²) in [6.07, 6.45) is 13.3. The molecule has 0 amide bonds. The minimum atomic E-state index is -0.673. The Morgan fingerprint density at radius 3 is 2.55 bits per heavy atom. The van der Waals surface area contributed by atoms with Crippen molar-refractivity contribution in [1.82, 2.24) is 25.6 Å². The van der Waals surface area contributed by atoms with Gasteiger partial charge >= 0.3 is 5.97 Å². The molecule has 0 radical (unpaired) electrons. The third-order valence-corrected chi connectivity index (χ3v) is 9.71. The van der Waals surface area contributed by atoms with Crippen LogP contribution in [0.5, 0.6) is 0 Å². The van der Waals surface area contributed by atoms with Crippen LogP contribution in [-0.4, -0.2) is 101 Å². The van der Waals surface area contributed by atoms with Gasteiger partial charge in [-0.1, -0.05) is 19.3 Å². The molecule has 2 saturated carbocycles. The van der Waals surface area contributed by atoms with E-state index in [2.05, 4.69) is 25.6 Å². The van der Waals surface area contributed by atoms with Crippen molar-refractivity contribution >= 4 is 17.6 Å². The summed E-state index contributed by atoms with van der Waals surface area (Å²) in [5, 5.41) is 16.6. The Bertz CT molecular complexity index is 663. The monoisotopic (exact) mass is 481 g/mol. The average molecular weight is 482 g/mol. The van der Waals surface area contributed by atoms with Crippen LogP contribution < -0.4 is 10.7 Å². The number of hydrazine groups is 1. The third-order valence-electron chi connectivity index (χ3n) is 9.23. The molecule has 0 spiro atoms. The molecule has 5 aliphatic rings. The first-order valence-corrected chi connectivity index (χ1v) is 14.2. The Balaban J connectivity index is 1.22. The standard InChI is InChI=1S/C25H44ClN5O2/c26-20-10-9-18-6-4-12-27-22(18)23(20)29-13-5-14-30(17-16-29)24(25(32)33)21-11-15-31(28-21)19-7-2-1-3-8-19/h18-24,27-28H,1-17H2,(H,32,33). The molecule has 3 heterocycles. The molecule has 3 aliphatic heterocycles. The zero-order valence-corrected chi connectivity index (χ0v) is 20.9. The summed E-state index contributed by atoms with van der Waals surface area (Å²) in [6, 6.07) is 1.02. The number of alkyl halides is 1. The first-order valence-electron chi connectivity index (χ1n) is 13.7. The van der Waals surface area contributed by atoms with Gasteiger partial charge in [-0.05, 0) is 70.4 Å². The van der Waals surface area contributed by atoms with Crippen molar-refractivity contribution in [2.24, 2.45) is 5.92 Å². The minimum Gasteiger partial charge on any atom is -0.480 e. The van der Waals surface area contributed by atoms with Gasteiger partial charge in [0.1, 0.15) is 6.04 Å². The van der Waals surface area contributed by atoms with Gasteiger partial charge in [0.15, 0.2) is 0 Å². The molecule has 188 valence electrons. The van der Waals surface area contributed by atoms with Crippen molar-refractivity contribution in [2.75, 3.05) is 39.3 Å². The van der Waals surface area contributed by atoms with Crippen molar-refractivity contribution in [3.8, 4) is 0 Å². The second-order valence-corrected chi connectivity index (χ2v) is 11.7. The number of nitrogens with one attached hydrogen (secondary N) is 2. The fourth-order valence-electron chi connectivity index (χ4n) is 7.57. The van der Waals surface area contributed by atoms with Crippen LogP contribution in [0.2, 0.25) is 0 Å². The highest BCUT2D eigenvalue weighted by atomic mass is 35.5. The molecular weight excluding hydrogens is 438 g/mol. The molecular formula is C25H44ClN5O2. The highest BCUT2D eigenvalue weighted by molar-refractivity contribution is 6.21. The van der Waals surface area contributed by atoms with Crippen LogP contribution in [0.1, 0.15) is 70.6 Å². The number of piperidine rings is 1. The molecule has 0 aromatic heterocycles. The lowest BCUT2D eigenvalue weighted by Crippen LogP contribution is -2.62. The summed E-state index contributed by atoms with van der Waals surface area (Å²) in [5.41, 5.74) is 3.64. The number of halogens is 1. The Morgan fingerprint density at radius 2 is 1.73 bits per heavy atom. The molecule has 3 saturated heterocycles. The van der Waals surface area contributed by atoms with Gasteiger partial charge in [0.2, 0.25) is 0 Å². The van der Waals surface area contributed by atoms with Crippen LogP contribution in [0.15, 0.2) is 0 Å². The predicted molar refractivity (Wildman–Crippen MR) is 131 cm³/mol. The lowest BCUT2D eigenvalue weighted by molar-refractivity contribution is -0.144. The number of hydrogen-bond acceptors (Lipinski definition) is 6. The predicted octanol–water partition coefficient (Wildman–Crippen LogP) is 2.50. The van der Waals surface area contributed by atoms with Crippen molar-refractivity contribution in [2.45, 2.75) is 106 Å². The molecule has 6 atom stereocenters. The fraction of sp³-hybridized carbons (Fsp3) is 0.960. The van der Waals surface area contributed by atoms with Gasteiger partial charge in [-0.15, -0.1) is 11.6 Å². The maximum atomic E-state index is 12.5. The fourth-order valence-corrected chi connectivity index (χ4v) is 8.02. The molecule has 0 aromatic rings. The van der Waals surface area contributed by atoms with Crippen molar-refractivity contribution in [1.29, 1.82) is 0 Å². The first-order chi connectivity index (χ1) is 16.1. The maximum absolute atomic E-state index is 12.5. The van der Waals surface area contributed by atoms with Gasteiger partial charge in [0.25, 0.3) is 0 Å². The summed E-state index contributed by atoms with van der Waals surface area (Å²) in [7, 11) is 0. The number of rotatable bonds is 5. The molecule has 6 unspecified atom stereocenters. The average Bonchev–Trinajstić information content (AvgIpc) is 3.19. The molecule has 3 N–H and O–H groups in total. The van der Waals surface area contributed by atoms with Crippen molar-refractivity contribution in [3.63, 3.8) is 0 Å². The Kier molecular flexibility index (Phi) is 8.15. The molecule has 0 bridgehead atoms. The van der Waals surface area contributed by atoms with Gasteiger partial charge in [-0.2, -0.15) is 0 Å². The largest absolute Gasteiger partial charge is 0.480 e. The summed E-state index contributed by atoms with van der Waals surface area (Å²) in [6.45, 7) is 5.69. The van der Waals surface area contributed by atoms with E-state index in [1.807, 2.05) is 0 Å². The van der Waals surface area contributed by atoms with E-state index in [1.54, 1.807) is 0 Å². The molecule has 2 aliphatic carbocycles. The van der Waals surface area contributed by atoms with Crippen LogP contribution >= 0.6 is 11.6 Å². The van der Waals surface area contributed by atoms with Crippen molar-refractivity contribution in [3.05, 3.63) is 0 Å². The van der Waals surface area contributed by atoms with Gasteiger partial charge < -0.3 is 10.4 Å². The number of fused-ring (bicyclic) bond motifs is 1. The SMILES string of the molecule is O=C(O)C(C1CCN(C2CCCCC2)N1)N1CCCN(C2C(Cl)CCC3CCCNC32)CC1. The smallest absolute Gasteiger partial charge is 0.322 e. The van der Waals surface area contributed by atoms with E-state index in [0.717, 1.165) is 64.4 Å². The summed E-state index contributed by atoms with van der Waals surface area (Å²) in [4.78, 5) is 17.3. The summed E-state index contributed by atoms with van der Waals surface area (Å²) >= 11 is 6.93. The Hall–Kier alpha value is -0.440. The van der Waals surface area contributed by atoms with Crippen LogP contribution in [0.25, 0.3) is 0 Å². The van der Waals surface area contributed by atoms with E-state index in [1.165, 1.54) is 51.4 Å². The lowest BCUT2D eigenvalue weighted by Gasteiger charge is -2.48. The molecule has 5 fully saturated rings. The summed E-state index contributed by atoms with van der Waals surface area (Å²) < 4.78 is 0. The van der Waals surface area contributed by atoms with Crippen LogP contribution in [0, 0.1) is 5.92 Å². The van der Waals surface area contributed by atoms with Crippen LogP contribution in [-0.2, 0) is 4.79 Å². The van der Waals surface area contributed by atoms with E-state index in [-0.39, 0.29) is 11.4 Å². The van der Waals surface area contributed by atoms with Gasteiger partial charge in [0.05, 0.1) is 5.38 Å². The zero-order chi connectivity index (χ0) is 22.8. The Labute approximate surface area is 204 Å². The van der Waals surface area contributed by atoms with Gasteiger partial charge in [-0.25, -0.2) is 10.4 Å². The van der Waals surface area contributed by atoms with Crippen molar-refractivity contribution < 1.29 is 9.90 Å². The lowest BCUT2D eigenvalue weighted by atomic mass is 9.75. The highest BCUT2D eigenvalue weighted by Gasteiger charge is 2.44. The minimum absolute atomic E-state index is 0.0100. The second-order valence-electron chi connectivity index (χ2n) is 11.2. The Morgan fingerprint density at radius 1 is 0.879 bits per heavy atom. The number of aliphatic carboxylic acids is 1. The van der Waals surface area contributed by atoms with E-state index in [4.69, 9.17) is 11.6 Å².